The highest BCUT2D eigenvalue weighted by molar-refractivity contribution is 5.92. The second-order valence-electron chi connectivity index (χ2n) is 8.70. The Morgan fingerprint density at radius 1 is 1.03 bits per heavy atom. The third-order valence-corrected chi connectivity index (χ3v) is 5.48. The smallest absolute Gasteiger partial charge is 0.408 e. The number of ether oxygens (including phenoxy) is 1. The maximum absolute atomic E-state index is 12.6. The average Bonchev–Trinajstić information content (AvgIpc) is 3.05. The molecule has 0 heterocycles. The summed E-state index contributed by atoms with van der Waals surface area (Å²) in [5.41, 5.74) is 3.07. The van der Waals surface area contributed by atoms with E-state index < -0.39 is 29.6 Å². The van der Waals surface area contributed by atoms with Crippen LogP contribution in [-0.2, 0) is 14.3 Å². The van der Waals surface area contributed by atoms with Crippen LogP contribution < -0.4 is 10.6 Å². The minimum Gasteiger partial charge on any atom is -0.480 e. The Kier molecular flexibility index (Phi) is 6.84. The predicted molar refractivity (Wildman–Crippen MR) is 120 cm³/mol. The number of nitrogens with zero attached hydrogens (tertiary/aromatic N) is 1. The Hall–Kier alpha value is -3.39. The van der Waals surface area contributed by atoms with Crippen LogP contribution in [0.4, 0.5) is 4.79 Å². The molecule has 1 atom stereocenters. The van der Waals surface area contributed by atoms with Gasteiger partial charge in [-0.3, -0.25) is 4.79 Å². The van der Waals surface area contributed by atoms with Gasteiger partial charge in [0.15, 0.2) is 0 Å². The van der Waals surface area contributed by atoms with Crippen molar-refractivity contribution in [3.8, 4) is 11.1 Å². The van der Waals surface area contributed by atoms with E-state index in [2.05, 4.69) is 10.6 Å². The van der Waals surface area contributed by atoms with Gasteiger partial charge in [0.1, 0.15) is 18.2 Å². The molecule has 3 N–H and O–H groups in total. The van der Waals surface area contributed by atoms with Gasteiger partial charge in [0.25, 0.3) is 0 Å². The number of fused-ring (bicyclic) bond motifs is 3. The summed E-state index contributed by atoms with van der Waals surface area (Å²) in [5, 5.41) is 14.3. The quantitative estimate of drug-likeness (QED) is 0.583. The van der Waals surface area contributed by atoms with E-state index >= 15 is 0 Å². The molecule has 8 heteroatoms. The zero-order valence-corrected chi connectivity index (χ0v) is 18.7. The summed E-state index contributed by atoms with van der Waals surface area (Å²) >= 11 is 0. The maximum Gasteiger partial charge on any atom is 0.408 e. The lowest BCUT2D eigenvalue weighted by molar-refractivity contribution is -0.143. The molecule has 32 heavy (non-hydrogen) atoms. The molecule has 8 nitrogen and oxygen atoms in total. The standard InChI is InChI=1S/C24H29N3O5/c1-24(2,22(30)25-20(21(28)29)13-27(3)4)26-23(31)32-14-19-17-11-7-5-9-15(17)16-10-6-8-12-18(16)19/h5-12,19-20H,13-14H2,1-4H3,(H,25,30)(H,26,31)(H,28,29)/t20-/m0/s1. The van der Waals surface area contributed by atoms with Gasteiger partial charge in [0, 0.05) is 12.5 Å². The lowest BCUT2D eigenvalue weighted by Crippen LogP contribution is -2.59. The van der Waals surface area contributed by atoms with Gasteiger partial charge in [-0.15, -0.1) is 0 Å². The molecule has 0 unspecified atom stereocenters. The minimum atomic E-state index is -1.36. The molecule has 0 spiro atoms. The second-order valence-corrected chi connectivity index (χ2v) is 8.70. The normalized spacial score (nSPS) is 13.8. The summed E-state index contributed by atoms with van der Waals surface area (Å²) in [5.74, 6) is -1.86. The lowest BCUT2D eigenvalue weighted by atomic mass is 9.98. The molecule has 170 valence electrons. The number of hydrogen-bond acceptors (Lipinski definition) is 5. The van der Waals surface area contributed by atoms with E-state index in [0.717, 1.165) is 22.3 Å². The van der Waals surface area contributed by atoms with Gasteiger partial charge in [-0.25, -0.2) is 9.59 Å². The van der Waals surface area contributed by atoms with Crippen molar-refractivity contribution in [2.75, 3.05) is 27.2 Å². The van der Waals surface area contributed by atoms with Crippen molar-refractivity contribution < 1.29 is 24.2 Å². The molecule has 0 saturated heterocycles. The topological polar surface area (TPSA) is 108 Å². The van der Waals surface area contributed by atoms with Crippen LogP contribution in [-0.4, -0.2) is 66.8 Å². The molecule has 0 aliphatic heterocycles. The molecule has 2 aromatic rings. The molecule has 0 radical (unpaired) electrons. The summed E-state index contributed by atoms with van der Waals surface area (Å²) in [7, 11) is 3.42. The van der Waals surface area contributed by atoms with Gasteiger partial charge in [-0.1, -0.05) is 48.5 Å². The van der Waals surface area contributed by atoms with Gasteiger partial charge in [0.2, 0.25) is 5.91 Å². The first-order valence-electron chi connectivity index (χ1n) is 10.4. The van der Waals surface area contributed by atoms with Gasteiger partial charge in [-0.05, 0) is 50.2 Å². The Balaban J connectivity index is 1.63. The molecule has 0 aromatic heterocycles. The number of carbonyl (C=O) groups is 3. The number of hydrogen-bond donors (Lipinski definition) is 3. The number of carboxylic acids is 1. The van der Waals surface area contributed by atoms with Crippen LogP contribution in [0, 0.1) is 0 Å². The number of carboxylic acid groups (broad SMARTS) is 1. The summed E-state index contributed by atoms with van der Waals surface area (Å²) in [6.07, 6.45) is -0.744. The monoisotopic (exact) mass is 439 g/mol. The zero-order valence-electron chi connectivity index (χ0n) is 18.7. The Labute approximate surface area is 187 Å². The number of benzene rings is 2. The number of rotatable bonds is 8. The molecular formula is C24H29N3O5. The number of likely N-dealkylation sites (N-methyl/N-ethyl adjacent to an activating group) is 1. The van der Waals surface area contributed by atoms with Crippen molar-refractivity contribution >= 4 is 18.0 Å². The molecular weight excluding hydrogens is 410 g/mol. The minimum absolute atomic E-state index is 0.0958. The third-order valence-electron chi connectivity index (χ3n) is 5.48. The van der Waals surface area contributed by atoms with E-state index in [1.165, 1.54) is 13.8 Å². The average molecular weight is 440 g/mol. The molecule has 0 fully saturated rings. The van der Waals surface area contributed by atoms with E-state index in [0.29, 0.717) is 0 Å². The molecule has 0 bridgehead atoms. The first kappa shape index (κ1) is 23.3. The van der Waals surface area contributed by atoms with Crippen LogP contribution >= 0.6 is 0 Å². The second kappa shape index (κ2) is 9.40. The zero-order chi connectivity index (χ0) is 23.5. The first-order valence-corrected chi connectivity index (χ1v) is 10.4. The van der Waals surface area contributed by atoms with E-state index in [1.807, 2.05) is 48.5 Å². The predicted octanol–water partition coefficient (Wildman–Crippen LogP) is 2.43. The van der Waals surface area contributed by atoms with Crippen LogP contribution in [0.3, 0.4) is 0 Å². The van der Waals surface area contributed by atoms with Crippen LogP contribution in [0.1, 0.15) is 30.9 Å². The van der Waals surface area contributed by atoms with Gasteiger partial charge >= 0.3 is 12.1 Å². The van der Waals surface area contributed by atoms with E-state index in [4.69, 9.17) is 4.74 Å². The maximum atomic E-state index is 12.6. The van der Waals surface area contributed by atoms with Crippen molar-refractivity contribution in [2.45, 2.75) is 31.3 Å². The number of aliphatic carboxylic acids is 1. The van der Waals surface area contributed by atoms with Crippen molar-refractivity contribution in [3.63, 3.8) is 0 Å². The molecule has 1 aliphatic rings. The van der Waals surface area contributed by atoms with Crippen LogP contribution in [0.15, 0.2) is 48.5 Å². The van der Waals surface area contributed by atoms with Crippen molar-refractivity contribution in [1.29, 1.82) is 0 Å². The number of amides is 2. The Bertz CT molecular complexity index is 973. The Morgan fingerprint density at radius 2 is 1.56 bits per heavy atom. The van der Waals surface area contributed by atoms with Gasteiger partial charge in [-0.2, -0.15) is 0 Å². The summed E-state index contributed by atoms with van der Waals surface area (Å²) in [6, 6.07) is 14.9. The van der Waals surface area contributed by atoms with E-state index in [9.17, 15) is 19.5 Å². The Morgan fingerprint density at radius 3 is 2.06 bits per heavy atom. The van der Waals surface area contributed by atoms with Crippen molar-refractivity contribution in [1.82, 2.24) is 15.5 Å². The summed E-state index contributed by atoms with van der Waals surface area (Å²) in [4.78, 5) is 38.2. The summed E-state index contributed by atoms with van der Waals surface area (Å²) < 4.78 is 5.49. The molecule has 0 saturated carbocycles. The summed E-state index contributed by atoms with van der Waals surface area (Å²) in [6.45, 7) is 3.24. The van der Waals surface area contributed by atoms with Gasteiger partial charge in [0.05, 0.1) is 0 Å². The highest BCUT2D eigenvalue weighted by Crippen LogP contribution is 2.44. The molecule has 2 aromatic carbocycles. The highest BCUT2D eigenvalue weighted by Gasteiger charge is 2.34. The lowest BCUT2D eigenvalue weighted by Gasteiger charge is -2.28. The fourth-order valence-corrected chi connectivity index (χ4v) is 3.84. The largest absolute Gasteiger partial charge is 0.480 e. The fourth-order valence-electron chi connectivity index (χ4n) is 3.84. The fraction of sp³-hybridized carbons (Fsp3) is 0.375. The SMILES string of the molecule is CN(C)C[C@H](NC(=O)C(C)(C)NC(=O)OCC1c2ccccc2-c2ccccc21)C(=O)O. The van der Waals surface area contributed by atoms with Crippen LogP contribution in [0.2, 0.25) is 0 Å². The number of carbonyl (C=O) groups excluding carboxylic acids is 2. The number of alkyl carbamates (subject to hydrolysis) is 1. The molecule has 1 aliphatic carbocycles. The number of nitrogens with one attached hydrogen (secondary N) is 2. The van der Waals surface area contributed by atoms with Crippen LogP contribution in [0.25, 0.3) is 11.1 Å². The molecule has 2 amide bonds. The first-order chi connectivity index (χ1) is 15.1. The van der Waals surface area contributed by atoms with E-state index in [-0.39, 0.29) is 19.1 Å². The third kappa shape index (κ3) is 5.08. The van der Waals surface area contributed by atoms with Gasteiger partial charge < -0.3 is 25.4 Å². The molecule has 3 rings (SSSR count). The van der Waals surface area contributed by atoms with Crippen molar-refractivity contribution in [2.24, 2.45) is 0 Å². The van der Waals surface area contributed by atoms with Crippen molar-refractivity contribution in [3.05, 3.63) is 59.7 Å². The van der Waals surface area contributed by atoms with E-state index in [1.54, 1.807) is 19.0 Å². The van der Waals surface area contributed by atoms with Crippen LogP contribution in [0.5, 0.6) is 0 Å². The highest BCUT2D eigenvalue weighted by atomic mass is 16.5.